The van der Waals surface area contributed by atoms with Crippen LogP contribution in [0.1, 0.15) is 30.9 Å². The molecule has 1 N–H and O–H groups in total. The Bertz CT molecular complexity index is 800. The lowest BCUT2D eigenvalue weighted by Gasteiger charge is -2.39. The fourth-order valence-electron chi connectivity index (χ4n) is 4.19. The van der Waals surface area contributed by atoms with Crippen molar-refractivity contribution >= 4 is 11.6 Å². The fraction of sp³-hybridized carbons (Fsp3) is 0.478. The smallest absolute Gasteiger partial charge is 0.123 e. The number of β-amino-alcohol motifs (C(OH)–C–C–N with tert-alkyl or cyclic N) is 1. The van der Waals surface area contributed by atoms with Gasteiger partial charge in [-0.2, -0.15) is 0 Å². The molecular formula is C23H28ClNO3. The summed E-state index contributed by atoms with van der Waals surface area (Å²) in [5.41, 5.74) is 2.39. The van der Waals surface area contributed by atoms with E-state index in [1.165, 1.54) is 11.1 Å². The average Bonchev–Trinajstić information content (AvgIpc) is 3.05. The first-order chi connectivity index (χ1) is 13.5. The lowest BCUT2D eigenvalue weighted by atomic mass is 9.87. The zero-order chi connectivity index (χ0) is 19.6. The van der Waals surface area contributed by atoms with Crippen molar-refractivity contribution in [3.63, 3.8) is 0 Å². The van der Waals surface area contributed by atoms with E-state index >= 15 is 0 Å². The molecule has 2 aromatic rings. The number of benzene rings is 2. The maximum atomic E-state index is 10.4. The molecule has 1 fully saturated rings. The van der Waals surface area contributed by atoms with Crippen LogP contribution < -0.4 is 9.47 Å². The Kier molecular flexibility index (Phi) is 5.81. The van der Waals surface area contributed by atoms with Crippen LogP contribution in [0.4, 0.5) is 0 Å². The number of aliphatic hydroxyl groups excluding tert-OH is 1. The highest BCUT2D eigenvalue weighted by atomic mass is 35.5. The largest absolute Gasteiger partial charge is 0.491 e. The summed E-state index contributed by atoms with van der Waals surface area (Å²) in [5, 5.41) is 11.1. The summed E-state index contributed by atoms with van der Waals surface area (Å²) in [4.78, 5) is 2.30. The van der Waals surface area contributed by atoms with Gasteiger partial charge < -0.3 is 19.5 Å². The Labute approximate surface area is 172 Å². The third kappa shape index (κ3) is 4.45. The Morgan fingerprint density at radius 2 is 1.93 bits per heavy atom. The van der Waals surface area contributed by atoms with Gasteiger partial charge in [0.05, 0.1) is 0 Å². The number of fused-ring (bicyclic) bond motifs is 1. The van der Waals surface area contributed by atoms with Gasteiger partial charge >= 0.3 is 0 Å². The Balaban J connectivity index is 1.23. The summed E-state index contributed by atoms with van der Waals surface area (Å²) >= 11 is 6.12. The third-order valence-electron chi connectivity index (χ3n) is 5.87. The van der Waals surface area contributed by atoms with Crippen molar-refractivity contribution in [1.29, 1.82) is 0 Å². The number of hydrogen-bond donors (Lipinski definition) is 1. The summed E-state index contributed by atoms with van der Waals surface area (Å²) < 4.78 is 12.0. The van der Waals surface area contributed by atoms with E-state index in [-0.39, 0.29) is 5.60 Å². The molecule has 0 radical (unpaired) electrons. The maximum Gasteiger partial charge on any atom is 0.123 e. The highest BCUT2D eigenvalue weighted by Crippen LogP contribution is 2.41. The molecule has 1 spiro atoms. The molecule has 2 aromatic carbocycles. The maximum absolute atomic E-state index is 10.4. The second-order valence-electron chi connectivity index (χ2n) is 7.98. The van der Waals surface area contributed by atoms with Crippen LogP contribution in [0.5, 0.6) is 11.5 Å². The van der Waals surface area contributed by atoms with E-state index in [9.17, 15) is 5.11 Å². The Morgan fingerprint density at radius 1 is 1.18 bits per heavy atom. The third-order valence-corrected chi connectivity index (χ3v) is 6.11. The minimum absolute atomic E-state index is 0.105. The standard InChI is InChI=1S/C23H28ClNO3/c1-2-17-3-6-21(7-4-17)27-16-20(26)15-25-11-9-23(10-12-25)14-18-13-19(24)5-8-22(18)28-23/h3-8,13,20,26H,2,9-12,14-16H2,1H3/t20-/m1/s1. The molecule has 2 aliphatic heterocycles. The number of ether oxygens (including phenoxy) is 2. The van der Waals surface area contributed by atoms with Gasteiger partial charge in [-0.15, -0.1) is 0 Å². The predicted molar refractivity (Wildman–Crippen MR) is 112 cm³/mol. The molecule has 2 aliphatic rings. The fourth-order valence-corrected chi connectivity index (χ4v) is 4.38. The van der Waals surface area contributed by atoms with E-state index in [2.05, 4.69) is 24.0 Å². The molecule has 28 heavy (non-hydrogen) atoms. The van der Waals surface area contributed by atoms with Crippen LogP contribution in [-0.4, -0.2) is 48.0 Å². The minimum atomic E-state index is -0.500. The molecule has 4 rings (SSSR count). The second kappa shape index (κ2) is 8.32. The monoisotopic (exact) mass is 401 g/mol. The Morgan fingerprint density at radius 3 is 2.64 bits per heavy atom. The molecule has 0 aromatic heterocycles. The number of piperidine rings is 1. The van der Waals surface area contributed by atoms with Crippen LogP contribution >= 0.6 is 11.6 Å². The molecular weight excluding hydrogens is 374 g/mol. The number of rotatable bonds is 6. The molecule has 4 nitrogen and oxygen atoms in total. The minimum Gasteiger partial charge on any atom is -0.491 e. The SMILES string of the molecule is CCc1ccc(OC[C@H](O)CN2CCC3(CC2)Cc2cc(Cl)ccc2O3)cc1. The highest BCUT2D eigenvalue weighted by molar-refractivity contribution is 6.30. The van der Waals surface area contributed by atoms with Crippen molar-refractivity contribution in [3.8, 4) is 11.5 Å². The van der Waals surface area contributed by atoms with Gasteiger partial charge in [0.15, 0.2) is 0 Å². The highest BCUT2D eigenvalue weighted by Gasteiger charge is 2.42. The van der Waals surface area contributed by atoms with Crippen molar-refractivity contribution in [1.82, 2.24) is 4.90 Å². The van der Waals surface area contributed by atoms with Crippen molar-refractivity contribution in [2.24, 2.45) is 0 Å². The molecule has 0 saturated carbocycles. The number of aliphatic hydroxyl groups is 1. The van der Waals surface area contributed by atoms with Gasteiger partial charge in [0.2, 0.25) is 0 Å². The molecule has 1 saturated heterocycles. The van der Waals surface area contributed by atoms with Crippen LogP contribution in [0.15, 0.2) is 42.5 Å². The van der Waals surface area contributed by atoms with E-state index in [0.717, 1.165) is 55.3 Å². The van der Waals surface area contributed by atoms with E-state index in [1.54, 1.807) is 0 Å². The van der Waals surface area contributed by atoms with E-state index in [1.807, 2.05) is 30.3 Å². The molecule has 0 aliphatic carbocycles. The molecule has 0 unspecified atom stereocenters. The first kappa shape index (κ1) is 19.6. The summed E-state index contributed by atoms with van der Waals surface area (Å²) in [5.74, 6) is 1.78. The zero-order valence-corrected chi connectivity index (χ0v) is 17.1. The van der Waals surface area contributed by atoms with Gasteiger partial charge in [-0.3, -0.25) is 0 Å². The lowest BCUT2D eigenvalue weighted by Crippen LogP contribution is -2.49. The van der Waals surface area contributed by atoms with Crippen molar-refractivity contribution < 1.29 is 14.6 Å². The molecule has 1 atom stereocenters. The first-order valence-corrected chi connectivity index (χ1v) is 10.5. The Hall–Kier alpha value is -1.75. The van der Waals surface area contributed by atoms with Gasteiger partial charge in [0.1, 0.15) is 29.8 Å². The van der Waals surface area contributed by atoms with Gasteiger partial charge in [-0.05, 0) is 47.9 Å². The van der Waals surface area contributed by atoms with Crippen molar-refractivity contribution in [2.75, 3.05) is 26.2 Å². The van der Waals surface area contributed by atoms with Gasteiger partial charge in [-0.25, -0.2) is 0 Å². The quantitative estimate of drug-likeness (QED) is 0.790. The predicted octanol–water partition coefficient (Wildman–Crippen LogP) is 4.11. The summed E-state index contributed by atoms with van der Waals surface area (Å²) in [6.07, 6.45) is 3.37. The molecule has 0 amide bonds. The lowest BCUT2D eigenvalue weighted by molar-refractivity contribution is -0.00195. The zero-order valence-electron chi connectivity index (χ0n) is 16.4. The van der Waals surface area contributed by atoms with Gasteiger partial charge in [0.25, 0.3) is 0 Å². The summed E-state index contributed by atoms with van der Waals surface area (Å²) in [6, 6.07) is 14.0. The number of nitrogens with zero attached hydrogens (tertiary/aromatic N) is 1. The molecule has 2 heterocycles. The van der Waals surface area contributed by atoms with E-state index < -0.39 is 6.10 Å². The van der Waals surface area contributed by atoms with Crippen LogP contribution in [-0.2, 0) is 12.8 Å². The van der Waals surface area contributed by atoms with E-state index in [0.29, 0.717) is 13.2 Å². The number of halogens is 1. The molecule has 0 bridgehead atoms. The van der Waals surface area contributed by atoms with Crippen LogP contribution in [0.2, 0.25) is 5.02 Å². The second-order valence-corrected chi connectivity index (χ2v) is 8.41. The number of likely N-dealkylation sites (tertiary alicyclic amines) is 1. The first-order valence-electron chi connectivity index (χ1n) is 10.1. The summed E-state index contributed by atoms with van der Waals surface area (Å²) in [7, 11) is 0. The summed E-state index contributed by atoms with van der Waals surface area (Å²) in [6.45, 7) is 4.91. The van der Waals surface area contributed by atoms with Gasteiger partial charge in [-0.1, -0.05) is 30.7 Å². The van der Waals surface area contributed by atoms with Crippen LogP contribution in [0.25, 0.3) is 0 Å². The average molecular weight is 402 g/mol. The molecule has 150 valence electrons. The van der Waals surface area contributed by atoms with Crippen molar-refractivity contribution in [2.45, 2.75) is 44.3 Å². The van der Waals surface area contributed by atoms with E-state index in [4.69, 9.17) is 21.1 Å². The van der Waals surface area contributed by atoms with Crippen molar-refractivity contribution in [3.05, 3.63) is 58.6 Å². The number of hydrogen-bond acceptors (Lipinski definition) is 4. The van der Waals surface area contributed by atoms with Gasteiger partial charge in [0, 0.05) is 43.9 Å². The van der Waals surface area contributed by atoms with Crippen LogP contribution in [0, 0.1) is 0 Å². The normalized spacial score (nSPS) is 19.2. The topological polar surface area (TPSA) is 41.9 Å². The van der Waals surface area contributed by atoms with Crippen LogP contribution in [0.3, 0.4) is 0 Å². The molecule has 5 heteroatoms. The number of aryl methyl sites for hydroxylation is 1.